The minimum atomic E-state index is -0.153. The van der Waals surface area contributed by atoms with Gasteiger partial charge in [0, 0.05) is 43.6 Å². The van der Waals surface area contributed by atoms with Crippen molar-refractivity contribution in [3.05, 3.63) is 47.3 Å². The lowest BCUT2D eigenvalue weighted by Crippen LogP contribution is -2.41. The molecule has 2 aromatic rings. The van der Waals surface area contributed by atoms with E-state index in [0.29, 0.717) is 18.2 Å². The summed E-state index contributed by atoms with van der Waals surface area (Å²) in [5.74, 6) is 0.441. The maximum Gasteiger partial charge on any atom is 0.270 e. The molecule has 1 saturated heterocycles. The smallest absolute Gasteiger partial charge is 0.270 e. The maximum absolute atomic E-state index is 12.7. The predicted octanol–water partition coefficient (Wildman–Crippen LogP) is 1.93. The molecule has 2 aliphatic heterocycles. The van der Waals surface area contributed by atoms with E-state index < -0.39 is 0 Å². The van der Waals surface area contributed by atoms with E-state index in [4.69, 9.17) is 4.74 Å². The van der Waals surface area contributed by atoms with Crippen LogP contribution in [-0.2, 0) is 11.2 Å². The van der Waals surface area contributed by atoms with Gasteiger partial charge < -0.3 is 15.0 Å². The number of rotatable bonds is 5. The Morgan fingerprint density at radius 3 is 2.86 bits per heavy atom. The zero-order valence-electron chi connectivity index (χ0n) is 16.5. The number of fused-ring (bicyclic) bond motifs is 1. The van der Waals surface area contributed by atoms with Gasteiger partial charge in [-0.25, -0.2) is 9.97 Å². The molecule has 148 valence electrons. The fraction of sp³-hybridized carbons (Fsp3) is 0.476. The Bertz CT molecular complexity index is 850. The highest BCUT2D eigenvalue weighted by atomic mass is 16.5. The van der Waals surface area contributed by atoms with Gasteiger partial charge in [-0.05, 0) is 38.0 Å². The Kier molecular flexibility index (Phi) is 5.54. The number of amides is 1. The van der Waals surface area contributed by atoms with Gasteiger partial charge in [0.1, 0.15) is 5.69 Å². The molecule has 0 spiro atoms. The topological polar surface area (TPSA) is 70.6 Å². The van der Waals surface area contributed by atoms with Crippen LogP contribution in [0.5, 0.6) is 0 Å². The maximum atomic E-state index is 12.7. The molecule has 1 aromatic carbocycles. The first-order valence-corrected chi connectivity index (χ1v) is 9.93. The molecule has 1 amide bonds. The van der Waals surface area contributed by atoms with Crippen molar-refractivity contribution in [1.29, 1.82) is 0 Å². The zero-order chi connectivity index (χ0) is 19.5. The van der Waals surface area contributed by atoms with E-state index in [1.807, 2.05) is 13.0 Å². The van der Waals surface area contributed by atoms with E-state index in [0.717, 1.165) is 50.7 Å². The van der Waals surface area contributed by atoms with Crippen LogP contribution < -0.4 is 10.2 Å². The molecule has 7 heteroatoms. The van der Waals surface area contributed by atoms with Crippen molar-refractivity contribution >= 4 is 17.5 Å². The van der Waals surface area contributed by atoms with E-state index in [-0.39, 0.29) is 11.9 Å². The van der Waals surface area contributed by atoms with Gasteiger partial charge in [-0.1, -0.05) is 18.2 Å². The van der Waals surface area contributed by atoms with Crippen molar-refractivity contribution in [1.82, 2.24) is 20.2 Å². The summed E-state index contributed by atoms with van der Waals surface area (Å²) in [5.41, 5.74) is 3.62. The molecular formula is C21H27N5O2. The molecule has 0 radical (unpaired) electrons. The minimum Gasteiger partial charge on any atom is -0.379 e. The molecule has 0 bridgehead atoms. The van der Waals surface area contributed by atoms with Crippen LogP contribution in [0.1, 0.15) is 28.7 Å². The normalized spacial score (nSPS) is 19.5. The summed E-state index contributed by atoms with van der Waals surface area (Å²) >= 11 is 0. The number of morpholine rings is 1. The Morgan fingerprint density at radius 1 is 1.25 bits per heavy atom. The second-order valence-corrected chi connectivity index (χ2v) is 7.46. The van der Waals surface area contributed by atoms with Crippen LogP contribution in [0.2, 0.25) is 0 Å². The highest BCUT2D eigenvalue weighted by Gasteiger charge is 2.29. The molecule has 1 atom stereocenters. The molecule has 28 heavy (non-hydrogen) atoms. The molecule has 7 nitrogen and oxygen atoms in total. The van der Waals surface area contributed by atoms with Crippen molar-refractivity contribution in [3.63, 3.8) is 0 Å². The van der Waals surface area contributed by atoms with Gasteiger partial charge in [0.2, 0.25) is 5.95 Å². The van der Waals surface area contributed by atoms with Crippen LogP contribution in [0.3, 0.4) is 0 Å². The predicted molar refractivity (Wildman–Crippen MR) is 108 cm³/mol. The fourth-order valence-corrected chi connectivity index (χ4v) is 3.89. The molecule has 0 saturated carbocycles. The average molecular weight is 381 g/mol. The van der Waals surface area contributed by atoms with Crippen molar-refractivity contribution in [2.75, 3.05) is 44.3 Å². The summed E-state index contributed by atoms with van der Waals surface area (Å²) in [6.07, 6.45) is 0.953. The lowest BCUT2D eigenvalue weighted by Gasteiger charge is -2.26. The molecule has 1 aromatic heterocycles. The van der Waals surface area contributed by atoms with Crippen LogP contribution in [0.15, 0.2) is 30.3 Å². The second kappa shape index (κ2) is 8.24. The summed E-state index contributed by atoms with van der Waals surface area (Å²) in [5, 5.41) is 2.99. The third kappa shape index (κ3) is 4.00. The first-order valence-electron chi connectivity index (χ1n) is 9.93. The van der Waals surface area contributed by atoms with Crippen molar-refractivity contribution in [3.8, 4) is 0 Å². The Morgan fingerprint density at radius 2 is 2.04 bits per heavy atom. The Labute approximate surface area is 165 Å². The van der Waals surface area contributed by atoms with Crippen LogP contribution in [-0.4, -0.2) is 66.2 Å². The van der Waals surface area contributed by atoms with E-state index >= 15 is 0 Å². The van der Waals surface area contributed by atoms with Crippen molar-refractivity contribution < 1.29 is 9.53 Å². The zero-order valence-corrected chi connectivity index (χ0v) is 16.5. The molecule has 1 fully saturated rings. The molecule has 1 N–H and O–H groups in total. The number of aromatic nitrogens is 2. The summed E-state index contributed by atoms with van der Waals surface area (Å²) in [6, 6.07) is 10.3. The summed E-state index contributed by atoms with van der Waals surface area (Å²) < 4.78 is 5.35. The van der Waals surface area contributed by atoms with E-state index in [1.54, 1.807) is 6.07 Å². The molecule has 2 aliphatic rings. The van der Waals surface area contributed by atoms with E-state index in [2.05, 4.69) is 50.2 Å². The van der Waals surface area contributed by atoms with E-state index in [1.165, 1.54) is 5.56 Å². The summed E-state index contributed by atoms with van der Waals surface area (Å²) in [6.45, 7) is 8.84. The number of para-hydroxylation sites is 1. The van der Waals surface area contributed by atoms with E-state index in [9.17, 15) is 4.79 Å². The third-order valence-electron chi connectivity index (χ3n) is 5.32. The molecule has 1 unspecified atom stereocenters. The van der Waals surface area contributed by atoms with Crippen LogP contribution in [0.25, 0.3) is 0 Å². The third-order valence-corrected chi connectivity index (χ3v) is 5.32. The number of hydrogen-bond donors (Lipinski definition) is 1. The van der Waals surface area contributed by atoms with Gasteiger partial charge in [0.25, 0.3) is 5.91 Å². The first kappa shape index (κ1) is 18.8. The number of benzene rings is 1. The fourth-order valence-electron chi connectivity index (χ4n) is 3.89. The average Bonchev–Trinajstić information content (AvgIpc) is 3.04. The molecular weight excluding hydrogens is 354 g/mol. The van der Waals surface area contributed by atoms with Crippen LogP contribution in [0, 0.1) is 6.92 Å². The minimum absolute atomic E-state index is 0.153. The number of carbonyl (C=O) groups excluding carboxylic acids is 1. The molecule has 0 aliphatic carbocycles. The first-order chi connectivity index (χ1) is 13.6. The lowest BCUT2D eigenvalue weighted by atomic mass is 10.1. The Balaban J connectivity index is 1.47. The monoisotopic (exact) mass is 381 g/mol. The molecule has 4 rings (SSSR count). The lowest BCUT2D eigenvalue weighted by molar-refractivity contribution is 0.0383. The highest BCUT2D eigenvalue weighted by Crippen LogP contribution is 2.36. The number of nitrogens with one attached hydrogen (secondary N) is 1. The van der Waals surface area contributed by atoms with Gasteiger partial charge in [-0.15, -0.1) is 0 Å². The standard InChI is InChI=1S/C21H27N5O2/c1-15-13-18(20(27)22-7-8-25-9-11-28-12-10-25)24-21(23-15)26-16(2)14-17-5-3-4-6-19(17)26/h3-6,13,16H,7-12,14H2,1-2H3,(H,22,27). The highest BCUT2D eigenvalue weighted by molar-refractivity contribution is 5.92. The van der Waals surface area contributed by atoms with Gasteiger partial charge in [-0.2, -0.15) is 0 Å². The number of hydrogen-bond acceptors (Lipinski definition) is 6. The van der Waals surface area contributed by atoms with Crippen molar-refractivity contribution in [2.45, 2.75) is 26.3 Å². The van der Waals surface area contributed by atoms with Gasteiger partial charge >= 0.3 is 0 Å². The SMILES string of the molecule is Cc1cc(C(=O)NCCN2CCOCC2)nc(N2c3ccccc3CC2C)n1. The van der Waals surface area contributed by atoms with Gasteiger partial charge in [-0.3, -0.25) is 9.69 Å². The number of aryl methyl sites for hydroxylation is 1. The number of carbonyl (C=O) groups is 1. The molecule has 3 heterocycles. The largest absolute Gasteiger partial charge is 0.379 e. The number of ether oxygens (including phenoxy) is 1. The quantitative estimate of drug-likeness (QED) is 0.853. The van der Waals surface area contributed by atoms with Crippen LogP contribution >= 0.6 is 0 Å². The van der Waals surface area contributed by atoms with Gasteiger partial charge in [0.05, 0.1) is 13.2 Å². The second-order valence-electron chi connectivity index (χ2n) is 7.46. The van der Waals surface area contributed by atoms with Crippen molar-refractivity contribution in [2.24, 2.45) is 0 Å². The summed E-state index contributed by atoms with van der Waals surface area (Å²) in [4.78, 5) is 26.3. The Hall–Kier alpha value is -2.51. The number of nitrogens with zero attached hydrogens (tertiary/aromatic N) is 4. The summed E-state index contributed by atoms with van der Waals surface area (Å²) in [7, 11) is 0. The van der Waals surface area contributed by atoms with Gasteiger partial charge in [0.15, 0.2) is 0 Å². The number of anilines is 2. The van der Waals surface area contributed by atoms with Crippen LogP contribution in [0.4, 0.5) is 11.6 Å².